The molecule has 0 radical (unpaired) electrons. The number of carbonyl (C=O) groups is 1. The number of aryl methyl sites for hydroxylation is 1. The van der Waals surface area contributed by atoms with Crippen LogP contribution in [-0.4, -0.2) is 78.5 Å². The first kappa shape index (κ1) is 20.8. The van der Waals surface area contributed by atoms with Gasteiger partial charge in [-0.3, -0.25) is 9.69 Å². The Morgan fingerprint density at radius 2 is 1.90 bits per heavy atom. The molecule has 1 aromatic heterocycles. The molecule has 1 spiro atoms. The lowest BCUT2D eigenvalue weighted by atomic mass is 9.72. The van der Waals surface area contributed by atoms with Crippen molar-refractivity contribution in [3.8, 4) is 5.75 Å². The summed E-state index contributed by atoms with van der Waals surface area (Å²) in [5, 5.41) is 1.26. The van der Waals surface area contributed by atoms with Crippen molar-refractivity contribution in [3.63, 3.8) is 0 Å². The van der Waals surface area contributed by atoms with E-state index in [1.165, 1.54) is 16.5 Å². The van der Waals surface area contributed by atoms with E-state index in [0.717, 1.165) is 51.1 Å². The molecule has 31 heavy (non-hydrogen) atoms. The summed E-state index contributed by atoms with van der Waals surface area (Å²) in [7, 11) is 5.48. The van der Waals surface area contributed by atoms with Crippen molar-refractivity contribution in [1.29, 1.82) is 0 Å². The van der Waals surface area contributed by atoms with Crippen molar-refractivity contribution in [2.24, 2.45) is 7.05 Å². The van der Waals surface area contributed by atoms with Crippen LogP contribution >= 0.6 is 0 Å². The molecule has 5 rings (SSSR count). The monoisotopic (exact) mass is 427 g/mol. The second kappa shape index (κ2) is 8.11. The molecule has 0 aliphatic carbocycles. The first-order valence-electron chi connectivity index (χ1n) is 11.4. The maximum atomic E-state index is 12.9. The van der Waals surface area contributed by atoms with E-state index in [-0.39, 0.29) is 17.6 Å². The number of methoxy groups -OCH3 is 2. The molecule has 0 saturated carbocycles. The molecule has 1 unspecified atom stereocenters. The molecule has 1 amide bonds. The lowest BCUT2D eigenvalue weighted by molar-refractivity contribution is -0.214. The normalized spacial score (nSPS) is 24.7. The third-order valence-electron chi connectivity index (χ3n) is 7.62. The van der Waals surface area contributed by atoms with Gasteiger partial charge in [-0.15, -0.1) is 0 Å². The molecular formula is C24H33N3O4. The summed E-state index contributed by atoms with van der Waals surface area (Å²) in [5.74, 6) is 1.06. The van der Waals surface area contributed by atoms with Gasteiger partial charge >= 0.3 is 0 Å². The molecule has 7 heteroatoms. The van der Waals surface area contributed by atoms with E-state index in [9.17, 15) is 4.79 Å². The zero-order chi connectivity index (χ0) is 21.6. The Morgan fingerprint density at radius 3 is 2.58 bits per heavy atom. The summed E-state index contributed by atoms with van der Waals surface area (Å²) in [4.78, 5) is 17.6. The van der Waals surface area contributed by atoms with Crippen molar-refractivity contribution >= 4 is 16.8 Å². The Morgan fingerprint density at radius 1 is 1.16 bits per heavy atom. The minimum absolute atomic E-state index is 0.150. The molecule has 2 aromatic rings. The summed E-state index contributed by atoms with van der Waals surface area (Å²) in [6.45, 7) is 4.35. The van der Waals surface area contributed by atoms with Gasteiger partial charge in [-0.25, -0.2) is 0 Å². The molecule has 7 nitrogen and oxygen atoms in total. The molecule has 0 bridgehead atoms. The third-order valence-corrected chi connectivity index (χ3v) is 7.62. The average Bonchev–Trinajstić information content (AvgIpc) is 3.10. The maximum Gasteiger partial charge on any atom is 0.254 e. The van der Waals surface area contributed by atoms with Crippen molar-refractivity contribution in [1.82, 2.24) is 14.4 Å². The van der Waals surface area contributed by atoms with Crippen molar-refractivity contribution in [2.75, 3.05) is 40.5 Å². The number of nitrogens with zero attached hydrogens (tertiary/aromatic N) is 3. The molecule has 3 aliphatic heterocycles. The summed E-state index contributed by atoms with van der Waals surface area (Å²) >= 11 is 0. The maximum absolute atomic E-state index is 12.9. The predicted molar refractivity (Wildman–Crippen MR) is 118 cm³/mol. The minimum Gasteiger partial charge on any atom is -0.497 e. The van der Waals surface area contributed by atoms with Crippen LogP contribution in [0.4, 0.5) is 0 Å². The van der Waals surface area contributed by atoms with Gasteiger partial charge in [-0.05, 0) is 49.4 Å². The summed E-state index contributed by atoms with van der Waals surface area (Å²) < 4.78 is 18.8. The Labute approximate surface area is 183 Å². The zero-order valence-electron chi connectivity index (χ0n) is 18.8. The molecule has 0 N–H and O–H groups in total. The van der Waals surface area contributed by atoms with Crippen LogP contribution in [0.2, 0.25) is 0 Å². The standard InChI is InChI=1S/C24H33N3O4/c1-25-15-17(20-14-19(29-2)4-5-21(20)25)16-26-10-6-18(7-11-26)27-23(28)22(30-3)24(27)8-12-31-13-9-24/h4-5,14-15,18,22H,6-13,16H2,1-3H3. The van der Waals surface area contributed by atoms with Gasteiger partial charge in [0.1, 0.15) is 5.75 Å². The first-order valence-corrected chi connectivity index (χ1v) is 11.4. The molecule has 168 valence electrons. The largest absolute Gasteiger partial charge is 0.497 e. The molecule has 1 aromatic carbocycles. The quantitative estimate of drug-likeness (QED) is 0.687. The fourth-order valence-electron chi connectivity index (χ4n) is 6.01. The highest BCUT2D eigenvalue weighted by atomic mass is 16.5. The number of rotatable bonds is 5. The summed E-state index contributed by atoms with van der Waals surface area (Å²) in [6.07, 6.45) is 5.73. The molecule has 1 atom stereocenters. The average molecular weight is 428 g/mol. The second-order valence-electron chi connectivity index (χ2n) is 9.20. The van der Waals surface area contributed by atoms with Gasteiger partial charge in [0.15, 0.2) is 6.10 Å². The van der Waals surface area contributed by atoms with Gasteiger partial charge in [0.05, 0.1) is 12.6 Å². The number of benzene rings is 1. The van der Waals surface area contributed by atoms with Gasteiger partial charge in [0, 0.05) is 70.1 Å². The second-order valence-corrected chi connectivity index (χ2v) is 9.20. The number of likely N-dealkylation sites (tertiary alicyclic amines) is 2. The lowest BCUT2D eigenvalue weighted by Gasteiger charge is -2.61. The highest BCUT2D eigenvalue weighted by Gasteiger charge is 2.62. The van der Waals surface area contributed by atoms with E-state index < -0.39 is 0 Å². The van der Waals surface area contributed by atoms with Gasteiger partial charge in [0.2, 0.25) is 0 Å². The van der Waals surface area contributed by atoms with Gasteiger partial charge in [-0.1, -0.05) is 0 Å². The van der Waals surface area contributed by atoms with Gasteiger partial charge in [0.25, 0.3) is 5.91 Å². The Kier molecular flexibility index (Phi) is 5.44. The topological polar surface area (TPSA) is 56.2 Å². The predicted octanol–water partition coefficient (Wildman–Crippen LogP) is 2.56. The summed E-state index contributed by atoms with van der Waals surface area (Å²) in [5.41, 5.74) is 2.41. The van der Waals surface area contributed by atoms with Crippen LogP contribution in [0.1, 0.15) is 31.2 Å². The third kappa shape index (κ3) is 3.34. The van der Waals surface area contributed by atoms with Crippen LogP contribution in [0.25, 0.3) is 10.9 Å². The van der Waals surface area contributed by atoms with Crippen molar-refractivity contribution in [2.45, 2.75) is 49.9 Å². The molecular weight excluding hydrogens is 394 g/mol. The van der Waals surface area contributed by atoms with Crippen LogP contribution in [0.5, 0.6) is 5.75 Å². The highest BCUT2D eigenvalue weighted by molar-refractivity contribution is 5.91. The molecule has 3 saturated heterocycles. The van der Waals surface area contributed by atoms with E-state index in [4.69, 9.17) is 14.2 Å². The minimum atomic E-state index is -0.292. The van der Waals surface area contributed by atoms with Crippen LogP contribution < -0.4 is 4.74 Å². The molecule has 3 aliphatic rings. The highest BCUT2D eigenvalue weighted by Crippen LogP contribution is 2.45. The Bertz CT molecular complexity index is 957. The van der Waals surface area contributed by atoms with E-state index in [0.29, 0.717) is 19.3 Å². The van der Waals surface area contributed by atoms with E-state index in [2.05, 4.69) is 39.7 Å². The van der Waals surface area contributed by atoms with Crippen LogP contribution in [0.15, 0.2) is 24.4 Å². The van der Waals surface area contributed by atoms with Crippen LogP contribution in [0.3, 0.4) is 0 Å². The number of piperidine rings is 1. The number of fused-ring (bicyclic) bond motifs is 1. The van der Waals surface area contributed by atoms with Crippen LogP contribution in [-0.2, 0) is 27.9 Å². The Balaban J connectivity index is 1.27. The van der Waals surface area contributed by atoms with Crippen molar-refractivity contribution < 1.29 is 19.0 Å². The number of carbonyl (C=O) groups excluding carboxylic acids is 1. The van der Waals surface area contributed by atoms with Crippen molar-refractivity contribution in [3.05, 3.63) is 30.0 Å². The van der Waals surface area contributed by atoms with Gasteiger partial charge < -0.3 is 23.7 Å². The first-order chi connectivity index (χ1) is 15.1. The number of aromatic nitrogens is 1. The summed E-state index contributed by atoms with van der Waals surface area (Å²) in [6, 6.07) is 6.58. The number of ether oxygens (including phenoxy) is 3. The van der Waals surface area contributed by atoms with E-state index in [1.807, 2.05) is 6.07 Å². The van der Waals surface area contributed by atoms with E-state index >= 15 is 0 Å². The lowest BCUT2D eigenvalue weighted by Crippen LogP contribution is -2.78. The number of hydrogen-bond acceptors (Lipinski definition) is 5. The SMILES string of the molecule is COc1ccc2c(c1)c(CN1CCC(N3C(=O)C(OC)C34CCOCC4)CC1)cn2C. The van der Waals surface area contributed by atoms with E-state index in [1.54, 1.807) is 14.2 Å². The smallest absolute Gasteiger partial charge is 0.254 e. The molecule has 3 fully saturated rings. The zero-order valence-corrected chi connectivity index (χ0v) is 18.8. The molecule has 4 heterocycles. The number of amides is 1. The van der Waals surface area contributed by atoms with Gasteiger partial charge in [-0.2, -0.15) is 0 Å². The van der Waals surface area contributed by atoms with Crippen LogP contribution in [0, 0.1) is 0 Å². The fourth-order valence-corrected chi connectivity index (χ4v) is 6.01. The number of hydrogen-bond donors (Lipinski definition) is 0. The fraction of sp³-hybridized carbons (Fsp3) is 0.625. The Hall–Kier alpha value is -2.09. The number of β-lactam (4-membered cyclic amide) rings is 1.